The van der Waals surface area contributed by atoms with Crippen LogP contribution in [-0.2, 0) is 0 Å². The molecule has 0 aliphatic heterocycles. The predicted octanol–water partition coefficient (Wildman–Crippen LogP) is 0.768. The molecule has 64 valence electrons. The van der Waals surface area contributed by atoms with E-state index in [2.05, 4.69) is 0 Å². The fraction of sp³-hybridized carbons (Fsp3) is 0. The van der Waals surface area contributed by atoms with Gasteiger partial charge in [0.15, 0.2) is 0 Å². The lowest BCUT2D eigenvalue weighted by atomic mass is 10.1. The van der Waals surface area contributed by atoms with Crippen molar-refractivity contribution in [3.05, 3.63) is 23.8 Å². The van der Waals surface area contributed by atoms with Crippen LogP contribution in [0.1, 0.15) is 10.4 Å². The highest BCUT2D eigenvalue weighted by Crippen LogP contribution is 2.16. The third-order valence-electron chi connectivity index (χ3n) is 1.41. The molecule has 0 saturated carbocycles. The lowest BCUT2D eigenvalue weighted by Gasteiger charge is -2.02. The summed E-state index contributed by atoms with van der Waals surface area (Å²) in [7, 11) is 0. The summed E-state index contributed by atoms with van der Waals surface area (Å²) in [4.78, 5) is 10.5. The number of anilines is 2. The van der Waals surface area contributed by atoms with Crippen LogP contribution < -0.4 is 11.2 Å². The minimum absolute atomic E-state index is 0.0333. The molecule has 0 aliphatic carbocycles. The van der Waals surface area contributed by atoms with E-state index < -0.39 is 5.97 Å². The van der Waals surface area contributed by atoms with Crippen molar-refractivity contribution < 1.29 is 15.1 Å². The Morgan fingerprint density at radius 1 is 1.50 bits per heavy atom. The minimum Gasteiger partial charge on any atom is -0.478 e. The Morgan fingerprint density at radius 2 is 2.17 bits per heavy atom. The standard InChI is InChI=1S/C7H8N2O3/c8-6-2-1-4(9-12)3-5(6)7(10)11/h1-3,9,12H,8H2,(H,10,11). The fourth-order valence-electron chi connectivity index (χ4n) is 0.811. The third kappa shape index (κ3) is 1.46. The number of aromatic carboxylic acids is 1. The quantitative estimate of drug-likeness (QED) is 0.386. The molecule has 0 spiro atoms. The van der Waals surface area contributed by atoms with E-state index in [0.717, 1.165) is 0 Å². The second kappa shape index (κ2) is 3.10. The summed E-state index contributed by atoms with van der Waals surface area (Å²) in [6, 6.07) is 4.13. The van der Waals surface area contributed by atoms with Crippen LogP contribution in [-0.4, -0.2) is 16.3 Å². The Balaban J connectivity index is 3.17. The van der Waals surface area contributed by atoms with Crippen LogP contribution in [0.2, 0.25) is 0 Å². The molecule has 0 fully saturated rings. The van der Waals surface area contributed by atoms with Crippen LogP contribution >= 0.6 is 0 Å². The first-order valence-corrected chi connectivity index (χ1v) is 3.18. The number of rotatable bonds is 2. The molecule has 0 aromatic heterocycles. The van der Waals surface area contributed by atoms with Gasteiger partial charge < -0.3 is 10.8 Å². The molecule has 0 saturated heterocycles. The van der Waals surface area contributed by atoms with Crippen molar-refractivity contribution in [2.24, 2.45) is 0 Å². The topological polar surface area (TPSA) is 95.6 Å². The number of nitrogens with two attached hydrogens (primary N) is 1. The Labute approximate surface area is 68.4 Å². The van der Waals surface area contributed by atoms with E-state index in [0.29, 0.717) is 5.69 Å². The number of carboxylic acids is 1. The monoisotopic (exact) mass is 168 g/mol. The van der Waals surface area contributed by atoms with Gasteiger partial charge in [-0.05, 0) is 18.2 Å². The number of carboxylic acid groups (broad SMARTS) is 1. The maximum atomic E-state index is 10.5. The maximum absolute atomic E-state index is 10.5. The Kier molecular flexibility index (Phi) is 2.16. The van der Waals surface area contributed by atoms with Gasteiger partial charge in [-0.25, -0.2) is 4.79 Å². The zero-order valence-electron chi connectivity index (χ0n) is 6.11. The normalized spacial score (nSPS) is 9.42. The zero-order chi connectivity index (χ0) is 9.14. The molecular formula is C7H8N2O3. The van der Waals surface area contributed by atoms with Crippen molar-refractivity contribution in [2.45, 2.75) is 0 Å². The highest BCUT2D eigenvalue weighted by molar-refractivity contribution is 5.94. The largest absolute Gasteiger partial charge is 0.478 e. The third-order valence-corrected chi connectivity index (χ3v) is 1.41. The molecule has 5 heteroatoms. The fourth-order valence-corrected chi connectivity index (χ4v) is 0.811. The zero-order valence-corrected chi connectivity index (χ0v) is 6.11. The molecule has 1 aromatic carbocycles. The molecule has 5 nitrogen and oxygen atoms in total. The Bertz CT molecular complexity index is 312. The van der Waals surface area contributed by atoms with Crippen LogP contribution in [0.25, 0.3) is 0 Å². The summed E-state index contributed by atoms with van der Waals surface area (Å²) in [6.45, 7) is 0. The van der Waals surface area contributed by atoms with Crippen molar-refractivity contribution in [2.75, 3.05) is 11.2 Å². The second-order valence-corrected chi connectivity index (χ2v) is 2.22. The van der Waals surface area contributed by atoms with E-state index in [1.165, 1.54) is 18.2 Å². The van der Waals surface area contributed by atoms with Gasteiger partial charge in [0.1, 0.15) is 0 Å². The molecule has 0 atom stereocenters. The predicted molar refractivity (Wildman–Crippen MR) is 43.2 cm³/mol. The van der Waals surface area contributed by atoms with Gasteiger partial charge in [0.2, 0.25) is 0 Å². The molecule has 5 N–H and O–H groups in total. The lowest BCUT2D eigenvalue weighted by Crippen LogP contribution is -2.03. The molecule has 0 heterocycles. The Hall–Kier alpha value is -1.75. The SMILES string of the molecule is Nc1ccc(NO)cc1C(=O)O. The van der Waals surface area contributed by atoms with Crippen molar-refractivity contribution >= 4 is 17.3 Å². The first kappa shape index (κ1) is 8.35. The van der Waals surface area contributed by atoms with Gasteiger partial charge in [-0.1, -0.05) is 0 Å². The Morgan fingerprint density at radius 3 is 2.67 bits per heavy atom. The number of nitrogen functional groups attached to an aromatic ring is 1. The average Bonchev–Trinajstić information content (AvgIpc) is 2.05. The first-order chi connectivity index (χ1) is 5.65. The van der Waals surface area contributed by atoms with E-state index >= 15 is 0 Å². The molecule has 12 heavy (non-hydrogen) atoms. The van der Waals surface area contributed by atoms with Crippen molar-refractivity contribution in [1.82, 2.24) is 0 Å². The second-order valence-electron chi connectivity index (χ2n) is 2.22. The summed E-state index contributed by atoms with van der Waals surface area (Å²) in [5.41, 5.74) is 7.61. The van der Waals surface area contributed by atoms with Crippen molar-refractivity contribution in [3.63, 3.8) is 0 Å². The summed E-state index contributed by atoms with van der Waals surface area (Å²) in [6.07, 6.45) is 0. The van der Waals surface area contributed by atoms with Gasteiger partial charge in [0.25, 0.3) is 0 Å². The first-order valence-electron chi connectivity index (χ1n) is 3.18. The molecule has 0 unspecified atom stereocenters. The number of hydrogen-bond donors (Lipinski definition) is 4. The van der Waals surface area contributed by atoms with E-state index in [4.69, 9.17) is 16.0 Å². The number of hydrogen-bond acceptors (Lipinski definition) is 4. The molecule has 0 radical (unpaired) electrons. The summed E-state index contributed by atoms with van der Waals surface area (Å²) < 4.78 is 0. The molecule has 1 rings (SSSR count). The molecule has 0 bridgehead atoms. The highest BCUT2D eigenvalue weighted by Gasteiger charge is 2.07. The van der Waals surface area contributed by atoms with Gasteiger partial charge in [-0.3, -0.25) is 10.7 Å². The van der Waals surface area contributed by atoms with E-state index in [1.54, 1.807) is 0 Å². The number of carbonyl (C=O) groups is 1. The van der Waals surface area contributed by atoms with E-state index in [9.17, 15) is 4.79 Å². The minimum atomic E-state index is -1.12. The van der Waals surface area contributed by atoms with Crippen LogP contribution in [0, 0.1) is 0 Å². The summed E-state index contributed by atoms with van der Waals surface area (Å²) in [5.74, 6) is -1.12. The molecule has 0 amide bonds. The molecular weight excluding hydrogens is 160 g/mol. The van der Waals surface area contributed by atoms with Gasteiger partial charge >= 0.3 is 5.97 Å². The number of benzene rings is 1. The lowest BCUT2D eigenvalue weighted by molar-refractivity contribution is 0.0698. The van der Waals surface area contributed by atoms with Crippen LogP contribution in [0.15, 0.2) is 18.2 Å². The van der Waals surface area contributed by atoms with Crippen molar-refractivity contribution in [3.8, 4) is 0 Å². The van der Waals surface area contributed by atoms with Crippen LogP contribution in [0.4, 0.5) is 11.4 Å². The maximum Gasteiger partial charge on any atom is 0.337 e. The van der Waals surface area contributed by atoms with Gasteiger partial charge in [-0.15, -0.1) is 0 Å². The van der Waals surface area contributed by atoms with Crippen molar-refractivity contribution in [1.29, 1.82) is 0 Å². The summed E-state index contributed by atoms with van der Waals surface area (Å²) >= 11 is 0. The van der Waals surface area contributed by atoms with Crippen LogP contribution in [0.3, 0.4) is 0 Å². The van der Waals surface area contributed by atoms with Gasteiger partial charge in [0, 0.05) is 5.69 Å². The van der Waals surface area contributed by atoms with Crippen LogP contribution in [0.5, 0.6) is 0 Å². The highest BCUT2D eigenvalue weighted by atomic mass is 16.5. The van der Waals surface area contributed by atoms with E-state index in [-0.39, 0.29) is 11.3 Å². The smallest absolute Gasteiger partial charge is 0.337 e. The molecule has 0 aliphatic rings. The van der Waals surface area contributed by atoms with E-state index in [1.807, 2.05) is 5.48 Å². The van der Waals surface area contributed by atoms with Gasteiger partial charge in [-0.2, -0.15) is 0 Å². The van der Waals surface area contributed by atoms with Gasteiger partial charge in [0.05, 0.1) is 11.3 Å². The number of nitrogens with one attached hydrogen (secondary N) is 1. The molecule has 1 aromatic rings. The summed E-state index contributed by atoms with van der Waals surface area (Å²) in [5, 5.41) is 17.0. The average molecular weight is 168 g/mol.